The van der Waals surface area contributed by atoms with E-state index < -0.39 is 0 Å². The van der Waals surface area contributed by atoms with Gasteiger partial charge in [0.2, 0.25) is 11.8 Å². The first kappa shape index (κ1) is 16.0. The van der Waals surface area contributed by atoms with Gasteiger partial charge in [-0.25, -0.2) is 0 Å². The lowest BCUT2D eigenvalue weighted by atomic mass is 9.85. The van der Waals surface area contributed by atoms with Crippen LogP contribution < -0.4 is 10.2 Å². The van der Waals surface area contributed by atoms with Crippen LogP contribution in [0.25, 0.3) is 0 Å². The van der Waals surface area contributed by atoms with E-state index in [1.165, 1.54) is 4.90 Å². The number of hydrogen-bond acceptors (Lipinski definition) is 3. The number of benzene rings is 2. The van der Waals surface area contributed by atoms with Crippen molar-refractivity contribution >= 4 is 29.1 Å². The Morgan fingerprint density at radius 3 is 2.04 bits per heavy atom. The second-order valence-corrected chi connectivity index (χ2v) is 7.38. The fraction of sp³-hybridized carbons (Fsp3) is 0.227. The standard InChI is InChI=1S/C22H18N2O3/c25-20(23-16-4-2-1-3-5-16)13-8-10-17(11-9-13)24-21(26)18-14-6-7-15(12-14)19(18)22(24)27/h1-11,14-15,18-19H,12H2,(H,23,25)/t14-,15+,18-,19+. The maximum absolute atomic E-state index is 12.8. The highest BCUT2D eigenvalue weighted by atomic mass is 16.2. The van der Waals surface area contributed by atoms with Gasteiger partial charge in [-0.2, -0.15) is 0 Å². The van der Waals surface area contributed by atoms with Crippen LogP contribution in [-0.4, -0.2) is 17.7 Å². The van der Waals surface area contributed by atoms with Crippen LogP contribution in [0.3, 0.4) is 0 Å². The number of nitrogens with zero attached hydrogens (tertiary/aromatic N) is 1. The fourth-order valence-electron chi connectivity index (χ4n) is 4.64. The van der Waals surface area contributed by atoms with E-state index in [0.29, 0.717) is 16.9 Å². The molecule has 1 N–H and O–H groups in total. The third kappa shape index (κ3) is 2.42. The molecule has 2 fully saturated rings. The number of para-hydroxylation sites is 1. The van der Waals surface area contributed by atoms with Gasteiger partial charge in [0.15, 0.2) is 0 Å². The number of rotatable bonds is 3. The molecule has 3 amide bonds. The molecule has 0 unspecified atom stereocenters. The first-order valence-corrected chi connectivity index (χ1v) is 9.16. The number of carbonyl (C=O) groups excluding carboxylic acids is 3. The molecule has 0 aromatic heterocycles. The molecule has 5 heteroatoms. The Bertz CT molecular complexity index is 935. The van der Waals surface area contributed by atoms with E-state index in [9.17, 15) is 14.4 Å². The van der Waals surface area contributed by atoms with Crippen molar-refractivity contribution in [2.24, 2.45) is 23.7 Å². The van der Waals surface area contributed by atoms with Gasteiger partial charge in [-0.3, -0.25) is 19.3 Å². The lowest BCUT2D eigenvalue weighted by molar-refractivity contribution is -0.123. The van der Waals surface area contributed by atoms with E-state index in [2.05, 4.69) is 17.5 Å². The van der Waals surface area contributed by atoms with Gasteiger partial charge in [0.25, 0.3) is 5.91 Å². The summed E-state index contributed by atoms with van der Waals surface area (Å²) in [5, 5.41) is 2.82. The van der Waals surface area contributed by atoms with E-state index in [1.807, 2.05) is 30.3 Å². The van der Waals surface area contributed by atoms with Crippen molar-refractivity contribution in [3.63, 3.8) is 0 Å². The van der Waals surface area contributed by atoms with E-state index >= 15 is 0 Å². The van der Waals surface area contributed by atoms with E-state index in [1.54, 1.807) is 24.3 Å². The molecular formula is C22H18N2O3. The van der Waals surface area contributed by atoms with E-state index in [0.717, 1.165) is 6.42 Å². The molecule has 5 rings (SSSR count). The highest BCUT2D eigenvalue weighted by Crippen LogP contribution is 2.53. The average molecular weight is 358 g/mol. The number of imide groups is 1. The van der Waals surface area contributed by atoms with Crippen LogP contribution in [0.15, 0.2) is 66.7 Å². The molecular weight excluding hydrogens is 340 g/mol. The van der Waals surface area contributed by atoms with Crippen LogP contribution in [0.5, 0.6) is 0 Å². The molecule has 2 bridgehead atoms. The minimum atomic E-state index is -0.231. The Morgan fingerprint density at radius 2 is 1.44 bits per heavy atom. The summed E-state index contributed by atoms with van der Waals surface area (Å²) in [7, 11) is 0. The Balaban J connectivity index is 1.36. The highest BCUT2D eigenvalue weighted by molar-refractivity contribution is 6.23. The summed E-state index contributed by atoms with van der Waals surface area (Å²) in [4.78, 5) is 39.3. The first-order chi connectivity index (χ1) is 13.1. The van der Waals surface area contributed by atoms with Gasteiger partial charge in [-0.05, 0) is 54.7 Å². The molecule has 1 aliphatic heterocycles. The van der Waals surface area contributed by atoms with Crippen LogP contribution >= 0.6 is 0 Å². The summed E-state index contributed by atoms with van der Waals surface area (Å²) in [6.45, 7) is 0. The summed E-state index contributed by atoms with van der Waals surface area (Å²) < 4.78 is 0. The van der Waals surface area contributed by atoms with Crippen molar-refractivity contribution in [1.82, 2.24) is 0 Å². The Hall–Kier alpha value is -3.21. The van der Waals surface area contributed by atoms with Gasteiger partial charge in [0, 0.05) is 11.3 Å². The van der Waals surface area contributed by atoms with Gasteiger partial charge < -0.3 is 5.32 Å². The Labute approximate surface area is 156 Å². The number of hydrogen-bond donors (Lipinski definition) is 1. The molecule has 134 valence electrons. The lowest BCUT2D eigenvalue weighted by Gasteiger charge is -2.17. The second kappa shape index (κ2) is 5.91. The Kier molecular flexibility index (Phi) is 3.50. The lowest BCUT2D eigenvalue weighted by Crippen LogP contribution is -2.32. The third-order valence-corrected chi connectivity index (χ3v) is 5.89. The predicted molar refractivity (Wildman–Crippen MR) is 101 cm³/mol. The fourth-order valence-corrected chi connectivity index (χ4v) is 4.64. The number of anilines is 2. The van der Waals surface area contributed by atoms with Gasteiger partial charge in [0.05, 0.1) is 17.5 Å². The van der Waals surface area contributed by atoms with Crippen LogP contribution in [0.2, 0.25) is 0 Å². The van der Waals surface area contributed by atoms with Crippen molar-refractivity contribution in [2.45, 2.75) is 6.42 Å². The summed E-state index contributed by atoms with van der Waals surface area (Å²) in [6.07, 6.45) is 5.08. The normalized spacial score (nSPS) is 27.9. The average Bonchev–Trinajstić information content (AvgIpc) is 3.37. The molecule has 0 radical (unpaired) electrons. The van der Waals surface area contributed by atoms with Gasteiger partial charge in [-0.15, -0.1) is 0 Å². The SMILES string of the molecule is O=C(Nc1ccccc1)c1ccc(N2C(=O)[C@@H]3[C@H](C2=O)[C@@H]2C=C[C@H]3C2)cc1. The summed E-state index contributed by atoms with van der Waals surface area (Å²) in [5.74, 6) is -0.491. The summed E-state index contributed by atoms with van der Waals surface area (Å²) in [5.41, 5.74) is 1.73. The van der Waals surface area contributed by atoms with Crippen molar-refractivity contribution in [3.8, 4) is 0 Å². The molecule has 2 aromatic rings. The smallest absolute Gasteiger partial charge is 0.255 e. The van der Waals surface area contributed by atoms with Crippen molar-refractivity contribution in [1.29, 1.82) is 0 Å². The molecule has 3 aliphatic rings. The van der Waals surface area contributed by atoms with Crippen molar-refractivity contribution in [3.05, 3.63) is 72.3 Å². The van der Waals surface area contributed by atoms with Crippen LogP contribution in [0, 0.1) is 23.7 Å². The van der Waals surface area contributed by atoms with Crippen molar-refractivity contribution < 1.29 is 14.4 Å². The number of nitrogens with one attached hydrogen (secondary N) is 1. The highest BCUT2D eigenvalue weighted by Gasteiger charge is 2.59. The van der Waals surface area contributed by atoms with E-state index in [-0.39, 0.29) is 41.4 Å². The van der Waals surface area contributed by atoms with Gasteiger partial charge >= 0.3 is 0 Å². The largest absolute Gasteiger partial charge is 0.322 e. The minimum absolute atomic E-state index is 0.108. The quantitative estimate of drug-likeness (QED) is 0.677. The van der Waals surface area contributed by atoms with Gasteiger partial charge in [-0.1, -0.05) is 30.4 Å². The molecule has 1 heterocycles. The maximum atomic E-state index is 12.8. The molecule has 5 nitrogen and oxygen atoms in total. The third-order valence-electron chi connectivity index (χ3n) is 5.89. The predicted octanol–water partition coefficient (Wildman–Crippen LogP) is 3.25. The zero-order valence-electron chi connectivity index (χ0n) is 14.5. The second-order valence-electron chi connectivity index (χ2n) is 7.38. The molecule has 4 atom stereocenters. The van der Waals surface area contributed by atoms with Crippen LogP contribution in [0.1, 0.15) is 16.8 Å². The van der Waals surface area contributed by atoms with E-state index in [4.69, 9.17) is 0 Å². The number of allylic oxidation sites excluding steroid dienone is 2. The molecule has 2 aliphatic carbocycles. The molecule has 1 saturated heterocycles. The van der Waals surface area contributed by atoms with Crippen LogP contribution in [0.4, 0.5) is 11.4 Å². The topological polar surface area (TPSA) is 66.5 Å². The molecule has 0 spiro atoms. The molecule has 27 heavy (non-hydrogen) atoms. The zero-order chi connectivity index (χ0) is 18.5. The Morgan fingerprint density at radius 1 is 0.852 bits per heavy atom. The number of carbonyl (C=O) groups is 3. The molecule has 2 aromatic carbocycles. The first-order valence-electron chi connectivity index (χ1n) is 9.16. The summed E-state index contributed by atoms with van der Waals surface area (Å²) in [6, 6.07) is 15.8. The number of fused-ring (bicyclic) bond motifs is 5. The molecule has 1 saturated carbocycles. The van der Waals surface area contributed by atoms with Crippen LogP contribution in [-0.2, 0) is 9.59 Å². The summed E-state index contributed by atoms with van der Waals surface area (Å²) >= 11 is 0. The van der Waals surface area contributed by atoms with Gasteiger partial charge in [0.1, 0.15) is 0 Å². The number of amides is 3. The maximum Gasteiger partial charge on any atom is 0.255 e. The monoisotopic (exact) mass is 358 g/mol. The van der Waals surface area contributed by atoms with Crippen molar-refractivity contribution in [2.75, 3.05) is 10.2 Å². The minimum Gasteiger partial charge on any atom is -0.322 e. The zero-order valence-corrected chi connectivity index (χ0v) is 14.5.